The highest BCUT2D eigenvalue weighted by molar-refractivity contribution is 5.82. The first kappa shape index (κ1) is 10.2. The van der Waals surface area contributed by atoms with E-state index in [1.165, 1.54) is 5.69 Å². The van der Waals surface area contributed by atoms with Gasteiger partial charge in [-0.15, -0.1) is 0 Å². The summed E-state index contributed by atoms with van der Waals surface area (Å²) in [5.41, 5.74) is 3.37. The van der Waals surface area contributed by atoms with Crippen LogP contribution in [0.4, 0.5) is 0 Å². The fraction of sp³-hybridized carbons (Fsp3) is 0.200. The Bertz CT molecular complexity index is 627. The third kappa shape index (κ3) is 1.57. The number of aryl methyl sites for hydroxylation is 1. The zero-order valence-corrected chi connectivity index (χ0v) is 10.1. The van der Waals surface area contributed by atoms with Crippen molar-refractivity contribution in [3.63, 3.8) is 0 Å². The Balaban J connectivity index is 2.20. The first-order chi connectivity index (χ1) is 8.29. The lowest BCUT2D eigenvalue weighted by Crippen LogP contribution is -1.97. The van der Waals surface area contributed by atoms with E-state index in [1.807, 2.05) is 18.2 Å². The monoisotopic (exact) mass is 225 g/mol. The number of fused-ring (bicyclic) bond motifs is 1. The van der Waals surface area contributed by atoms with Gasteiger partial charge in [-0.05, 0) is 38.1 Å². The number of hydrogen-bond donors (Lipinski definition) is 0. The standard InChI is InChI=1S/C15H15NO/c1-3-16-11(2)8-9-13(16)15-10-12-6-4-5-7-14(12)17-15/h4-10H,3H2,1-2H3. The lowest BCUT2D eigenvalue weighted by atomic mass is 10.2. The molecule has 0 atom stereocenters. The molecule has 3 rings (SSSR count). The Morgan fingerprint density at radius 1 is 1.12 bits per heavy atom. The van der Waals surface area contributed by atoms with E-state index < -0.39 is 0 Å². The van der Waals surface area contributed by atoms with E-state index in [0.717, 1.165) is 29.0 Å². The first-order valence-corrected chi connectivity index (χ1v) is 5.94. The minimum atomic E-state index is 0.946. The summed E-state index contributed by atoms with van der Waals surface area (Å²) in [5, 5.41) is 1.16. The van der Waals surface area contributed by atoms with Crippen LogP contribution in [-0.4, -0.2) is 4.57 Å². The van der Waals surface area contributed by atoms with E-state index >= 15 is 0 Å². The van der Waals surface area contributed by atoms with Crippen molar-refractivity contribution in [3.8, 4) is 11.5 Å². The maximum atomic E-state index is 5.89. The molecule has 0 spiro atoms. The van der Waals surface area contributed by atoms with Crippen LogP contribution in [0, 0.1) is 6.92 Å². The Kier molecular flexibility index (Phi) is 2.29. The summed E-state index contributed by atoms with van der Waals surface area (Å²) in [5.74, 6) is 0.946. The van der Waals surface area contributed by atoms with Crippen LogP contribution in [0.3, 0.4) is 0 Å². The van der Waals surface area contributed by atoms with Gasteiger partial charge in [-0.25, -0.2) is 0 Å². The molecule has 2 aromatic heterocycles. The van der Waals surface area contributed by atoms with Crippen LogP contribution in [-0.2, 0) is 6.54 Å². The molecule has 2 heterocycles. The zero-order valence-electron chi connectivity index (χ0n) is 10.1. The Morgan fingerprint density at radius 3 is 2.71 bits per heavy atom. The second-order valence-corrected chi connectivity index (χ2v) is 4.25. The van der Waals surface area contributed by atoms with Crippen LogP contribution in [0.1, 0.15) is 12.6 Å². The number of hydrogen-bond acceptors (Lipinski definition) is 1. The minimum Gasteiger partial charge on any atom is -0.455 e. The van der Waals surface area contributed by atoms with Gasteiger partial charge in [0.1, 0.15) is 5.58 Å². The largest absolute Gasteiger partial charge is 0.455 e. The van der Waals surface area contributed by atoms with E-state index in [1.54, 1.807) is 0 Å². The quantitative estimate of drug-likeness (QED) is 0.638. The van der Waals surface area contributed by atoms with Crippen LogP contribution >= 0.6 is 0 Å². The smallest absolute Gasteiger partial charge is 0.151 e. The number of benzene rings is 1. The van der Waals surface area contributed by atoms with E-state index in [9.17, 15) is 0 Å². The highest BCUT2D eigenvalue weighted by Crippen LogP contribution is 2.29. The molecule has 0 fully saturated rings. The maximum Gasteiger partial charge on any atom is 0.151 e. The summed E-state index contributed by atoms with van der Waals surface area (Å²) in [7, 11) is 0. The van der Waals surface area contributed by atoms with Gasteiger partial charge in [-0.1, -0.05) is 18.2 Å². The fourth-order valence-electron chi connectivity index (χ4n) is 2.31. The highest BCUT2D eigenvalue weighted by atomic mass is 16.3. The summed E-state index contributed by atoms with van der Waals surface area (Å²) in [6.07, 6.45) is 0. The topological polar surface area (TPSA) is 18.1 Å². The van der Waals surface area contributed by atoms with Crippen LogP contribution < -0.4 is 0 Å². The summed E-state index contributed by atoms with van der Waals surface area (Å²) < 4.78 is 8.15. The van der Waals surface area contributed by atoms with Gasteiger partial charge < -0.3 is 8.98 Å². The number of nitrogens with zero attached hydrogens (tertiary/aromatic N) is 1. The number of furan rings is 1. The van der Waals surface area contributed by atoms with Crippen molar-refractivity contribution in [3.05, 3.63) is 48.2 Å². The Hall–Kier alpha value is -1.96. The van der Waals surface area contributed by atoms with Crippen molar-refractivity contribution in [1.29, 1.82) is 0 Å². The summed E-state index contributed by atoms with van der Waals surface area (Å²) in [6, 6.07) is 14.5. The van der Waals surface area contributed by atoms with Crippen molar-refractivity contribution in [2.45, 2.75) is 20.4 Å². The second-order valence-electron chi connectivity index (χ2n) is 4.25. The van der Waals surface area contributed by atoms with Gasteiger partial charge in [0, 0.05) is 17.6 Å². The Labute approximate surface area is 100 Å². The summed E-state index contributed by atoms with van der Waals surface area (Å²) >= 11 is 0. The van der Waals surface area contributed by atoms with E-state index in [0.29, 0.717) is 0 Å². The summed E-state index contributed by atoms with van der Waals surface area (Å²) in [4.78, 5) is 0. The van der Waals surface area contributed by atoms with E-state index in [4.69, 9.17) is 4.42 Å². The molecular formula is C15H15NO. The molecule has 3 aromatic rings. The van der Waals surface area contributed by atoms with Crippen molar-refractivity contribution in [2.24, 2.45) is 0 Å². The van der Waals surface area contributed by atoms with Crippen LogP contribution in [0.15, 0.2) is 46.9 Å². The number of para-hydroxylation sites is 1. The zero-order chi connectivity index (χ0) is 11.8. The average Bonchev–Trinajstić information content (AvgIpc) is 2.91. The van der Waals surface area contributed by atoms with Crippen LogP contribution in [0.2, 0.25) is 0 Å². The molecule has 86 valence electrons. The van der Waals surface area contributed by atoms with Crippen molar-refractivity contribution in [2.75, 3.05) is 0 Å². The molecular weight excluding hydrogens is 210 g/mol. The highest BCUT2D eigenvalue weighted by Gasteiger charge is 2.10. The van der Waals surface area contributed by atoms with E-state index in [2.05, 4.69) is 42.7 Å². The molecule has 0 radical (unpaired) electrons. The minimum absolute atomic E-state index is 0.946. The summed E-state index contributed by atoms with van der Waals surface area (Å²) in [6.45, 7) is 5.24. The SMILES string of the molecule is CCn1c(C)ccc1-c1cc2ccccc2o1. The average molecular weight is 225 g/mol. The molecule has 0 aliphatic heterocycles. The lowest BCUT2D eigenvalue weighted by Gasteiger charge is -2.05. The van der Waals surface area contributed by atoms with Crippen molar-refractivity contribution < 1.29 is 4.42 Å². The predicted molar refractivity (Wildman–Crippen MR) is 70.1 cm³/mol. The van der Waals surface area contributed by atoms with Crippen molar-refractivity contribution in [1.82, 2.24) is 4.57 Å². The molecule has 0 unspecified atom stereocenters. The molecule has 0 aliphatic rings. The molecule has 0 aliphatic carbocycles. The van der Waals surface area contributed by atoms with Gasteiger partial charge in [0.15, 0.2) is 5.76 Å². The van der Waals surface area contributed by atoms with Gasteiger partial charge >= 0.3 is 0 Å². The first-order valence-electron chi connectivity index (χ1n) is 5.94. The fourth-order valence-corrected chi connectivity index (χ4v) is 2.31. The van der Waals surface area contributed by atoms with Crippen molar-refractivity contribution >= 4 is 11.0 Å². The maximum absolute atomic E-state index is 5.89. The molecule has 0 bridgehead atoms. The molecule has 2 nitrogen and oxygen atoms in total. The van der Waals surface area contributed by atoms with E-state index in [-0.39, 0.29) is 0 Å². The molecule has 0 saturated heterocycles. The number of rotatable bonds is 2. The Morgan fingerprint density at radius 2 is 1.94 bits per heavy atom. The van der Waals surface area contributed by atoms with Gasteiger partial charge in [0.25, 0.3) is 0 Å². The molecule has 2 heteroatoms. The predicted octanol–water partition coefficient (Wildman–Crippen LogP) is 4.23. The van der Waals surface area contributed by atoms with Crippen LogP contribution in [0.25, 0.3) is 22.4 Å². The normalized spacial score (nSPS) is 11.2. The molecule has 17 heavy (non-hydrogen) atoms. The second kappa shape index (κ2) is 3.81. The number of aromatic nitrogens is 1. The molecule has 0 amide bonds. The third-order valence-corrected chi connectivity index (χ3v) is 3.19. The van der Waals surface area contributed by atoms with Gasteiger partial charge in [-0.3, -0.25) is 0 Å². The molecule has 1 aromatic carbocycles. The third-order valence-electron chi connectivity index (χ3n) is 3.19. The van der Waals surface area contributed by atoms with Crippen LogP contribution in [0.5, 0.6) is 0 Å². The van der Waals surface area contributed by atoms with Gasteiger partial charge in [0.05, 0.1) is 5.69 Å². The lowest BCUT2D eigenvalue weighted by molar-refractivity contribution is 0.617. The molecule has 0 saturated carbocycles. The molecule has 0 N–H and O–H groups in total. The van der Waals surface area contributed by atoms with Gasteiger partial charge in [0.2, 0.25) is 0 Å². The van der Waals surface area contributed by atoms with Gasteiger partial charge in [-0.2, -0.15) is 0 Å².